The molecule has 2 aromatic carbocycles. The SMILES string of the molecule is COc1ccc(CNc2ccc(S(=O)(=O)Nc3ccc(-c4nc(NCCN(C)C)c5c(C)nn(C6CCCCO6)c5n4)cc3)cn2)cc1. The minimum Gasteiger partial charge on any atom is -0.497 e. The van der Waals surface area contributed by atoms with Crippen LogP contribution >= 0.6 is 0 Å². The fourth-order valence-electron chi connectivity index (χ4n) is 5.46. The minimum absolute atomic E-state index is 0.0531. The van der Waals surface area contributed by atoms with E-state index >= 15 is 0 Å². The van der Waals surface area contributed by atoms with Crippen molar-refractivity contribution in [3.63, 3.8) is 0 Å². The number of hydrogen-bond donors (Lipinski definition) is 3. The molecule has 48 heavy (non-hydrogen) atoms. The van der Waals surface area contributed by atoms with Gasteiger partial charge in [0.2, 0.25) is 0 Å². The number of benzene rings is 2. The zero-order valence-corrected chi connectivity index (χ0v) is 28.4. The maximum Gasteiger partial charge on any atom is 0.263 e. The number of aryl methyl sites for hydroxylation is 1. The maximum absolute atomic E-state index is 13.2. The van der Waals surface area contributed by atoms with E-state index in [2.05, 4.69) is 25.2 Å². The van der Waals surface area contributed by atoms with E-state index in [-0.39, 0.29) is 11.1 Å². The molecule has 4 heterocycles. The Hall–Kier alpha value is -4.79. The third-order valence-electron chi connectivity index (χ3n) is 8.08. The molecule has 1 aliphatic heterocycles. The number of hydrogen-bond acceptors (Lipinski definition) is 11. The Morgan fingerprint density at radius 3 is 2.46 bits per heavy atom. The van der Waals surface area contributed by atoms with E-state index in [1.165, 1.54) is 12.3 Å². The lowest BCUT2D eigenvalue weighted by molar-refractivity contribution is -0.0371. The van der Waals surface area contributed by atoms with Gasteiger partial charge in [-0.3, -0.25) is 4.72 Å². The average Bonchev–Trinajstić information content (AvgIpc) is 3.44. The molecule has 1 saturated heterocycles. The molecule has 0 bridgehead atoms. The number of aromatic nitrogens is 5. The number of likely N-dealkylation sites (N-methyl/N-ethyl adjacent to an activating group) is 1. The Kier molecular flexibility index (Phi) is 10.0. The molecule has 3 aromatic heterocycles. The van der Waals surface area contributed by atoms with Gasteiger partial charge in [0, 0.05) is 43.7 Å². The van der Waals surface area contributed by atoms with Crippen LogP contribution < -0.4 is 20.1 Å². The van der Waals surface area contributed by atoms with E-state index in [0.717, 1.165) is 53.8 Å². The van der Waals surface area contributed by atoms with Crippen LogP contribution in [0.5, 0.6) is 5.75 Å². The van der Waals surface area contributed by atoms with Crippen LogP contribution in [0.25, 0.3) is 22.4 Å². The van der Waals surface area contributed by atoms with Gasteiger partial charge in [-0.05, 0) is 94.4 Å². The first-order chi connectivity index (χ1) is 23.2. The van der Waals surface area contributed by atoms with Crippen molar-refractivity contribution in [3.05, 3.63) is 78.1 Å². The highest BCUT2D eigenvalue weighted by atomic mass is 32.2. The molecule has 0 spiro atoms. The van der Waals surface area contributed by atoms with E-state index in [0.29, 0.717) is 48.5 Å². The van der Waals surface area contributed by atoms with Gasteiger partial charge in [0.15, 0.2) is 17.7 Å². The molecular formula is C34H41N9O4S. The summed E-state index contributed by atoms with van der Waals surface area (Å²) in [5.74, 6) is 2.55. The number of pyridine rings is 1. The summed E-state index contributed by atoms with van der Waals surface area (Å²) in [5.41, 5.74) is 3.72. The quantitative estimate of drug-likeness (QED) is 0.150. The Bertz CT molecular complexity index is 1940. The molecule has 3 N–H and O–H groups in total. The molecule has 1 aliphatic rings. The number of anilines is 3. The second-order valence-electron chi connectivity index (χ2n) is 11.9. The van der Waals surface area contributed by atoms with Crippen molar-refractivity contribution in [2.24, 2.45) is 0 Å². The van der Waals surface area contributed by atoms with Crippen molar-refractivity contribution in [3.8, 4) is 17.1 Å². The van der Waals surface area contributed by atoms with E-state index in [1.54, 1.807) is 37.4 Å². The second-order valence-corrected chi connectivity index (χ2v) is 13.6. The van der Waals surface area contributed by atoms with Gasteiger partial charge in [0.1, 0.15) is 22.3 Å². The molecule has 6 rings (SSSR count). The Balaban J connectivity index is 1.19. The van der Waals surface area contributed by atoms with Gasteiger partial charge >= 0.3 is 0 Å². The lowest BCUT2D eigenvalue weighted by Crippen LogP contribution is -2.21. The van der Waals surface area contributed by atoms with Crippen molar-refractivity contribution in [2.75, 3.05) is 56.3 Å². The summed E-state index contributed by atoms with van der Waals surface area (Å²) in [6, 6.07) is 17.8. The Labute approximate surface area is 280 Å². The summed E-state index contributed by atoms with van der Waals surface area (Å²) in [7, 11) is 1.80. The molecule has 0 radical (unpaired) electrons. The van der Waals surface area contributed by atoms with Crippen LogP contribution in [0.1, 0.15) is 36.7 Å². The van der Waals surface area contributed by atoms with Crippen molar-refractivity contribution in [2.45, 2.75) is 43.9 Å². The summed E-state index contributed by atoms with van der Waals surface area (Å²) < 4.78 is 42.2. The molecule has 1 unspecified atom stereocenters. The van der Waals surface area contributed by atoms with Gasteiger partial charge < -0.3 is 25.0 Å². The van der Waals surface area contributed by atoms with E-state index < -0.39 is 10.0 Å². The summed E-state index contributed by atoms with van der Waals surface area (Å²) in [5, 5.41) is 12.4. The first-order valence-corrected chi connectivity index (χ1v) is 17.4. The van der Waals surface area contributed by atoms with Gasteiger partial charge in [-0.25, -0.2) is 28.1 Å². The number of fused-ring (bicyclic) bond motifs is 1. The third-order valence-corrected chi connectivity index (χ3v) is 9.45. The van der Waals surface area contributed by atoms with E-state index in [9.17, 15) is 8.42 Å². The van der Waals surface area contributed by atoms with Crippen LogP contribution in [0, 0.1) is 6.92 Å². The number of rotatable bonds is 13. The lowest BCUT2D eigenvalue weighted by Gasteiger charge is -2.23. The van der Waals surface area contributed by atoms with E-state index in [1.807, 2.05) is 50.0 Å². The predicted octanol–water partition coefficient (Wildman–Crippen LogP) is 5.29. The topological polar surface area (TPSA) is 148 Å². The standard InChI is InChI=1S/C34H41N9O4S/c1-23-31-33(35-18-19-42(2)3)38-32(39-34(31)43(40-23)30-7-5-6-20-47-30)25-10-12-26(13-11-25)41-48(44,45)28-16-17-29(37-22-28)36-21-24-8-14-27(46-4)15-9-24/h8-17,22,30,41H,5-7,18-21H2,1-4H3,(H,36,37)(H,35,38,39). The van der Waals surface area contributed by atoms with Gasteiger partial charge in [-0.1, -0.05) is 12.1 Å². The molecule has 0 amide bonds. The van der Waals surface area contributed by atoms with Crippen LogP contribution in [0.4, 0.5) is 17.3 Å². The third kappa shape index (κ3) is 7.67. The highest BCUT2D eigenvalue weighted by Gasteiger charge is 2.24. The summed E-state index contributed by atoms with van der Waals surface area (Å²) in [6.07, 6.45) is 4.12. The van der Waals surface area contributed by atoms with Crippen LogP contribution in [-0.4, -0.2) is 79.0 Å². The van der Waals surface area contributed by atoms with Crippen LogP contribution in [-0.2, 0) is 21.3 Å². The largest absolute Gasteiger partial charge is 0.497 e. The predicted molar refractivity (Wildman–Crippen MR) is 187 cm³/mol. The summed E-state index contributed by atoms with van der Waals surface area (Å²) in [4.78, 5) is 16.3. The van der Waals surface area contributed by atoms with Gasteiger partial charge in [-0.2, -0.15) is 5.10 Å². The number of nitrogens with one attached hydrogen (secondary N) is 3. The molecule has 252 valence electrons. The average molecular weight is 672 g/mol. The maximum atomic E-state index is 13.2. The number of ether oxygens (including phenoxy) is 2. The number of sulfonamides is 1. The van der Waals surface area contributed by atoms with Crippen LogP contribution in [0.3, 0.4) is 0 Å². The van der Waals surface area contributed by atoms with Crippen molar-refractivity contribution >= 4 is 38.4 Å². The monoisotopic (exact) mass is 671 g/mol. The van der Waals surface area contributed by atoms with E-state index in [4.69, 9.17) is 24.5 Å². The molecular weight excluding hydrogens is 631 g/mol. The number of methoxy groups -OCH3 is 1. The molecule has 0 aliphatic carbocycles. The van der Waals surface area contributed by atoms with Gasteiger partial charge in [0.05, 0.1) is 18.2 Å². The molecule has 14 heteroatoms. The minimum atomic E-state index is -3.88. The van der Waals surface area contributed by atoms with Gasteiger partial charge in [0.25, 0.3) is 10.0 Å². The van der Waals surface area contributed by atoms with Gasteiger partial charge in [-0.15, -0.1) is 0 Å². The zero-order chi connectivity index (χ0) is 33.7. The lowest BCUT2D eigenvalue weighted by atomic mass is 10.2. The molecule has 5 aromatic rings. The molecule has 1 atom stereocenters. The van der Waals surface area contributed by atoms with Crippen molar-refractivity contribution in [1.82, 2.24) is 29.6 Å². The fraction of sp³-hybridized carbons (Fsp3) is 0.353. The fourth-order valence-corrected chi connectivity index (χ4v) is 6.46. The van der Waals surface area contributed by atoms with Crippen LogP contribution in [0.2, 0.25) is 0 Å². The normalized spacial score (nSPS) is 15.1. The van der Waals surface area contributed by atoms with Crippen molar-refractivity contribution < 1.29 is 17.9 Å². The second kappa shape index (κ2) is 14.5. The Morgan fingerprint density at radius 2 is 1.79 bits per heavy atom. The first kappa shape index (κ1) is 33.1. The Morgan fingerprint density at radius 1 is 1.00 bits per heavy atom. The van der Waals surface area contributed by atoms with Crippen LogP contribution in [0.15, 0.2) is 71.8 Å². The first-order valence-electron chi connectivity index (χ1n) is 15.9. The highest BCUT2D eigenvalue weighted by molar-refractivity contribution is 7.92. The highest BCUT2D eigenvalue weighted by Crippen LogP contribution is 2.32. The number of nitrogens with zero attached hydrogens (tertiary/aromatic N) is 6. The molecule has 1 fully saturated rings. The molecule has 0 saturated carbocycles. The summed E-state index contributed by atoms with van der Waals surface area (Å²) in [6.45, 7) is 4.71. The smallest absolute Gasteiger partial charge is 0.263 e. The molecule has 13 nitrogen and oxygen atoms in total. The van der Waals surface area contributed by atoms with Crippen molar-refractivity contribution in [1.29, 1.82) is 0 Å². The summed E-state index contributed by atoms with van der Waals surface area (Å²) >= 11 is 0. The zero-order valence-electron chi connectivity index (χ0n) is 27.6.